The van der Waals surface area contributed by atoms with Gasteiger partial charge in [0.25, 0.3) is 5.91 Å². The Bertz CT molecular complexity index is 952. The van der Waals surface area contributed by atoms with Gasteiger partial charge in [0, 0.05) is 11.7 Å². The monoisotopic (exact) mass is 423 g/mol. The summed E-state index contributed by atoms with van der Waals surface area (Å²) in [6.07, 6.45) is 5.49. The molecule has 0 bridgehead atoms. The van der Waals surface area contributed by atoms with Crippen LogP contribution in [0.1, 0.15) is 54.9 Å². The van der Waals surface area contributed by atoms with Gasteiger partial charge < -0.3 is 16.4 Å². The maximum absolute atomic E-state index is 12.6. The first-order valence-corrected chi connectivity index (χ1v) is 10.9. The molecule has 0 spiro atoms. The Hall–Kier alpha value is -3.05. The zero-order valence-electron chi connectivity index (χ0n) is 16.9. The third kappa shape index (κ3) is 5.51. The highest BCUT2D eigenvalue weighted by Gasteiger charge is 2.23. The lowest BCUT2D eigenvalue weighted by molar-refractivity contribution is -0.121. The third-order valence-corrected chi connectivity index (χ3v) is 6.13. The Morgan fingerprint density at radius 1 is 1.23 bits per heavy atom. The van der Waals surface area contributed by atoms with Gasteiger partial charge in [-0.3, -0.25) is 9.59 Å². The number of rotatable bonds is 6. The number of hydrogen-bond acceptors (Lipinski definition) is 6. The summed E-state index contributed by atoms with van der Waals surface area (Å²) in [5.41, 5.74) is 6.96. The first-order valence-electron chi connectivity index (χ1n) is 10.0. The van der Waals surface area contributed by atoms with Gasteiger partial charge in [-0.1, -0.05) is 49.2 Å². The van der Waals surface area contributed by atoms with Crippen molar-refractivity contribution in [2.24, 2.45) is 0 Å². The Balaban J connectivity index is 1.71. The number of hydrogen-bond donors (Lipinski definition) is 3. The number of amides is 2. The van der Waals surface area contributed by atoms with Gasteiger partial charge in [0.2, 0.25) is 5.91 Å². The largest absolute Gasteiger partial charge is 0.383 e. The van der Waals surface area contributed by atoms with E-state index in [1.807, 2.05) is 6.07 Å². The predicted molar refractivity (Wildman–Crippen MR) is 118 cm³/mol. The first-order chi connectivity index (χ1) is 14.5. The minimum absolute atomic E-state index is 0.0184. The van der Waals surface area contributed by atoms with E-state index in [0.717, 1.165) is 25.7 Å². The molecule has 1 atom stereocenters. The van der Waals surface area contributed by atoms with Crippen LogP contribution in [0.4, 0.5) is 11.5 Å². The van der Waals surface area contributed by atoms with Crippen LogP contribution in [0.2, 0.25) is 0 Å². The molecule has 0 saturated heterocycles. The molecule has 1 fully saturated rings. The molecule has 30 heavy (non-hydrogen) atoms. The third-order valence-electron chi connectivity index (χ3n) is 5.02. The van der Waals surface area contributed by atoms with E-state index in [1.54, 1.807) is 31.2 Å². The minimum atomic E-state index is -0.442. The molecule has 1 aliphatic carbocycles. The van der Waals surface area contributed by atoms with E-state index in [2.05, 4.69) is 21.7 Å². The van der Waals surface area contributed by atoms with Crippen molar-refractivity contribution < 1.29 is 9.59 Å². The number of thioether (sulfide) groups is 1. The van der Waals surface area contributed by atoms with E-state index < -0.39 is 11.2 Å². The number of pyridine rings is 1. The molecule has 1 saturated carbocycles. The average molecular weight is 424 g/mol. The van der Waals surface area contributed by atoms with Crippen molar-refractivity contribution in [3.63, 3.8) is 0 Å². The second-order valence-electron chi connectivity index (χ2n) is 7.31. The summed E-state index contributed by atoms with van der Waals surface area (Å²) >= 11 is 1.17. The molecule has 0 radical (unpaired) electrons. The molecule has 1 aromatic carbocycles. The zero-order chi connectivity index (χ0) is 21.5. The van der Waals surface area contributed by atoms with Crippen molar-refractivity contribution in [1.82, 2.24) is 10.3 Å². The average Bonchev–Trinajstić information content (AvgIpc) is 2.75. The van der Waals surface area contributed by atoms with Gasteiger partial charge in [-0.2, -0.15) is 5.26 Å². The van der Waals surface area contributed by atoms with E-state index in [1.165, 1.54) is 24.2 Å². The van der Waals surface area contributed by atoms with E-state index in [4.69, 9.17) is 5.73 Å². The van der Waals surface area contributed by atoms with Crippen LogP contribution >= 0.6 is 11.8 Å². The quantitative estimate of drug-likeness (QED) is 0.609. The van der Waals surface area contributed by atoms with Gasteiger partial charge in [0.05, 0.1) is 16.4 Å². The number of nitrogens with one attached hydrogen (secondary N) is 2. The van der Waals surface area contributed by atoms with E-state index in [-0.39, 0.29) is 28.9 Å². The fraction of sp³-hybridized carbons (Fsp3) is 0.364. The van der Waals surface area contributed by atoms with Crippen molar-refractivity contribution in [3.05, 3.63) is 47.5 Å². The summed E-state index contributed by atoms with van der Waals surface area (Å²) in [6, 6.07) is 12.7. The van der Waals surface area contributed by atoms with Crippen LogP contribution in [0.25, 0.3) is 0 Å². The summed E-state index contributed by atoms with van der Waals surface area (Å²) in [7, 11) is 0. The predicted octanol–water partition coefficient (Wildman–Crippen LogP) is 3.72. The maximum Gasteiger partial charge on any atom is 0.259 e. The normalized spacial score (nSPS) is 15.1. The van der Waals surface area contributed by atoms with Crippen LogP contribution in [0, 0.1) is 11.3 Å². The number of nitriles is 1. The number of carbonyl (C=O) groups excluding carboxylic acids is 2. The summed E-state index contributed by atoms with van der Waals surface area (Å²) in [5, 5.41) is 15.3. The molecule has 1 heterocycles. The molecule has 2 amide bonds. The molecular weight excluding hydrogens is 398 g/mol. The summed E-state index contributed by atoms with van der Waals surface area (Å²) < 4.78 is 0. The number of nitrogens with two attached hydrogens (primary N) is 1. The van der Waals surface area contributed by atoms with Crippen molar-refractivity contribution in [3.8, 4) is 6.07 Å². The summed E-state index contributed by atoms with van der Waals surface area (Å²) in [6.45, 7) is 1.78. The first kappa shape index (κ1) is 21.7. The van der Waals surface area contributed by atoms with Gasteiger partial charge in [0.1, 0.15) is 16.9 Å². The minimum Gasteiger partial charge on any atom is -0.383 e. The molecule has 4 N–H and O–H groups in total. The van der Waals surface area contributed by atoms with Crippen molar-refractivity contribution in [2.75, 3.05) is 11.1 Å². The highest BCUT2D eigenvalue weighted by Crippen LogP contribution is 2.28. The molecule has 0 aliphatic heterocycles. The Kier molecular flexibility index (Phi) is 7.31. The number of aromatic nitrogens is 1. The lowest BCUT2D eigenvalue weighted by Gasteiger charge is -2.24. The molecule has 156 valence electrons. The van der Waals surface area contributed by atoms with Crippen LogP contribution in [0.5, 0.6) is 0 Å². The zero-order valence-corrected chi connectivity index (χ0v) is 17.7. The van der Waals surface area contributed by atoms with Crippen LogP contribution in [-0.4, -0.2) is 28.1 Å². The second-order valence-corrected chi connectivity index (χ2v) is 8.64. The topological polar surface area (TPSA) is 121 Å². The van der Waals surface area contributed by atoms with Crippen molar-refractivity contribution in [2.45, 2.75) is 55.3 Å². The highest BCUT2D eigenvalue weighted by atomic mass is 32.2. The van der Waals surface area contributed by atoms with E-state index >= 15 is 0 Å². The summed E-state index contributed by atoms with van der Waals surface area (Å²) in [4.78, 5) is 29.3. The number of benzene rings is 1. The van der Waals surface area contributed by atoms with Crippen molar-refractivity contribution >= 4 is 35.1 Å². The van der Waals surface area contributed by atoms with Crippen LogP contribution < -0.4 is 16.4 Å². The molecule has 1 aliphatic rings. The van der Waals surface area contributed by atoms with E-state index in [0.29, 0.717) is 10.7 Å². The second kappa shape index (κ2) is 10.1. The lowest BCUT2D eigenvalue weighted by atomic mass is 9.95. The van der Waals surface area contributed by atoms with Crippen LogP contribution in [0.3, 0.4) is 0 Å². The van der Waals surface area contributed by atoms with E-state index in [9.17, 15) is 14.9 Å². The number of para-hydroxylation sites is 1. The van der Waals surface area contributed by atoms with Gasteiger partial charge >= 0.3 is 0 Å². The van der Waals surface area contributed by atoms with Gasteiger partial charge in [-0.05, 0) is 38.0 Å². The lowest BCUT2D eigenvalue weighted by Crippen LogP contribution is -2.40. The number of carbonyl (C=O) groups is 2. The van der Waals surface area contributed by atoms with Gasteiger partial charge in [-0.25, -0.2) is 4.98 Å². The molecule has 3 rings (SSSR count). The Morgan fingerprint density at radius 3 is 2.60 bits per heavy atom. The maximum atomic E-state index is 12.6. The fourth-order valence-corrected chi connectivity index (χ4v) is 4.26. The van der Waals surface area contributed by atoms with Crippen molar-refractivity contribution in [1.29, 1.82) is 5.26 Å². The molecule has 7 nitrogen and oxygen atoms in total. The fourth-order valence-electron chi connectivity index (χ4n) is 3.37. The smallest absolute Gasteiger partial charge is 0.259 e. The summed E-state index contributed by atoms with van der Waals surface area (Å²) in [5.74, 6) is -0.505. The standard InChI is InChI=1S/C22H25N5O2S/c1-14(20(28)25-16-8-4-2-5-9-16)30-22-15(13-23)12-18(19(24)27-22)21(29)26-17-10-6-3-7-11-17/h3,6-7,10-12,14,16H,2,4-5,8-9H2,1H3,(H2,24,27)(H,25,28)(H,26,29)/t14-/m0/s1. The molecule has 2 aromatic rings. The molecular formula is C22H25N5O2S. The molecule has 1 aromatic heterocycles. The van der Waals surface area contributed by atoms with Crippen LogP contribution in [0.15, 0.2) is 41.4 Å². The highest BCUT2D eigenvalue weighted by molar-refractivity contribution is 8.00. The Morgan fingerprint density at radius 2 is 1.93 bits per heavy atom. The molecule has 8 heteroatoms. The number of nitrogen functional groups attached to an aromatic ring is 1. The van der Waals surface area contributed by atoms with Gasteiger partial charge in [0.15, 0.2) is 0 Å². The number of nitrogens with zero attached hydrogens (tertiary/aromatic N) is 2. The molecule has 0 unspecified atom stereocenters. The Labute approximate surface area is 180 Å². The SMILES string of the molecule is C[C@H](Sc1nc(N)c(C(=O)Nc2ccccc2)cc1C#N)C(=O)NC1CCCCC1. The van der Waals surface area contributed by atoms with Gasteiger partial charge in [-0.15, -0.1) is 0 Å². The number of anilines is 2. The van der Waals surface area contributed by atoms with Crippen LogP contribution in [-0.2, 0) is 4.79 Å².